The highest BCUT2D eigenvalue weighted by Gasteiger charge is 2.21. The van der Waals surface area contributed by atoms with E-state index in [2.05, 4.69) is 15.4 Å². The molecule has 0 atom stereocenters. The third-order valence-electron chi connectivity index (χ3n) is 4.18. The molecule has 3 amide bonds. The van der Waals surface area contributed by atoms with Gasteiger partial charge >= 0.3 is 12.0 Å². The van der Waals surface area contributed by atoms with E-state index in [4.69, 9.17) is 5.11 Å². The van der Waals surface area contributed by atoms with Crippen molar-refractivity contribution >= 4 is 39.3 Å². The number of nitrogens with one attached hydrogen (secondary N) is 3. The maximum absolute atomic E-state index is 12.6. The molecule has 1 aliphatic rings. The van der Waals surface area contributed by atoms with Crippen molar-refractivity contribution in [2.75, 3.05) is 23.6 Å². The fourth-order valence-electron chi connectivity index (χ4n) is 2.71. The number of amides is 3. The molecule has 0 unspecified atom stereocenters. The lowest BCUT2D eigenvalue weighted by Crippen LogP contribution is -2.35. The van der Waals surface area contributed by atoms with E-state index in [0.29, 0.717) is 17.9 Å². The number of carboxylic acid groups (broad SMARTS) is 1. The number of carboxylic acids is 1. The number of fused-ring (bicyclic) bond motifs is 1. The highest BCUT2D eigenvalue weighted by atomic mass is 32.2. The standard InChI is InChI=1S/C18H18N4O6S/c1-22-10-12-8-13(4-7-15(12)20-18(22)26)21-29(27,28)14-5-2-11(3-6-14)17(25)19-9-16(23)24/h2-8,21H,9-10H2,1H3,(H,19,25)(H,20,26)(H,23,24). The van der Waals surface area contributed by atoms with Crippen LogP contribution in [-0.2, 0) is 21.4 Å². The smallest absolute Gasteiger partial charge is 0.322 e. The second-order valence-corrected chi connectivity index (χ2v) is 8.05. The number of hydrogen-bond donors (Lipinski definition) is 4. The number of carbonyl (C=O) groups is 3. The van der Waals surface area contributed by atoms with Crippen molar-refractivity contribution in [2.24, 2.45) is 0 Å². The number of rotatable bonds is 6. The molecule has 0 radical (unpaired) electrons. The Bertz CT molecular complexity index is 1080. The quantitative estimate of drug-likeness (QED) is 0.556. The molecular formula is C18H18N4O6S. The molecule has 3 rings (SSSR count). The first-order chi connectivity index (χ1) is 13.7. The molecule has 11 heteroatoms. The van der Waals surface area contributed by atoms with Crippen LogP contribution in [0, 0.1) is 0 Å². The van der Waals surface area contributed by atoms with Crippen LogP contribution in [-0.4, -0.2) is 49.9 Å². The predicted octanol–water partition coefficient (Wildman–Crippen LogP) is 1.28. The number of nitrogens with zero attached hydrogens (tertiary/aromatic N) is 1. The SMILES string of the molecule is CN1Cc2cc(NS(=O)(=O)c3ccc(C(=O)NCC(=O)O)cc3)ccc2NC1=O. The third-order valence-corrected chi connectivity index (χ3v) is 5.58. The van der Waals surface area contributed by atoms with Crippen molar-refractivity contribution in [1.29, 1.82) is 0 Å². The summed E-state index contributed by atoms with van der Waals surface area (Å²) in [5.41, 5.74) is 1.85. The van der Waals surface area contributed by atoms with E-state index in [1.165, 1.54) is 35.2 Å². The van der Waals surface area contributed by atoms with Crippen LogP contribution in [0.15, 0.2) is 47.4 Å². The van der Waals surface area contributed by atoms with E-state index in [1.54, 1.807) is 19.2 Å². The lowest BCUT2D eigenvalue weighted by molar-refractivity contribution is -0.135. The maximum Gasteiger partial charge on any atom is 0.322 e. The maximum atomic E-state index is 12.6. The van der Waals surface area contributed by atoms with Crippen LogP contribution in [0.25, 0.3) is 0 Å². The van der Waals surface area contributed by atoms with Crippen LogP contribution in [0.5, 0.6) is 0 Å². The van der Waals surface area contributed by atoms with E-state index in [9.17, 15) is 22.8 Å². The van der Waals surface area contributed by atoms with Gasteiger partial charge in [0.2, 0.25) is 0 Å². The van der Waals surface area contributed by atoms with Gasteiger partial charge in [-0.15, -0.1) is 0 Å². The van der Waals surface area contributed by atoms with E-state index in [1.807, 2.05) is 0 Å². The summed E-state index contributed by atoms with van der Waals surface area (Å²) in [7, 11) is -2.28. The van der Waals surface area contributed by atoms with Gasteiger partial charge < -0.3 is 20.6 Å². The first kappa shape index (κ1) is 20.1. The first-order valence-corrected chi connectivity index (χ1v) is 9.92. The summed E-state index contributed by atoms with van der Waals surface area (Å²) in [6, 6.07) is 9.65. The highest BCUT2D eigenvalue weighted by Crippen LogP contribution is 2.27. The van der Waals surface area contributed by atoms with Gasteiger partial charge in [-0.2, -0.15) is 0 Å². The van der Waals surface area contributed by atoms with Gasteiger partial charge in [-0.05, 0) is 48.0 Å². The number of anilines is 2. The molecule has 4 N–H and O–H groups in total. The summed E-state index contributed by atoms with van der Waals surface area (Å²) in [5, 5.41) is 13.5. The molecule has 0 saturated heterocycles. The van der Waals surface area contributed by atoms with Gasteiger partial charge in [0.25, 0.3) is 15.9 Å². The van der Waals surface area contributed by atoms with Gasteiger partial charge in [0.15, 0.2) is 0 Å². The van der Waals surface area contributed by atoms with Crippen molar-refractivity contribution in [3.8, 4) is 0 Å². The molecular weight excluding hydrogens is 400 g/mol. The van der Waals surface area contributed by atoms with Crippen molar-refractivity contribution in [1.82, 2.24) is 10.2 Å². The summed E-state index contributed by atoms with van der Waals surface area (Å²) in [6.45, 7) is -0.189. The molecule has 2 aromatic rings. The number of carbonyl (C=O) groups excluding carboxylic acids is 2. The van der Waals surface area contributed by atoms with Gasteiger partial charge in [0.05, 0.1) is 4.90 Å². The molecule has 29 heavy (non-hydrogen) atoms. The molecule has 0 aliphatic carbocycles. The summed E-state index contributed by atoms with van der Waals surface area (Å²) >= 11 is 0. The van der Waals surface area contributed by atoms with E-state index in [0.717, 1.165) is 5.56 Å². The van der Waals surface area contributed by atoms with Gasteiger partial charge in [-0.3, -0.25) is 14.3 Å². The second kappa shape index (κ2) is 7.80. The van der Waals surface area contributed by atoms with Gasteiger partial charge in [-0.1, -0.05) is 0 Å². The van der Waals surface area contributed by atoms with Crippen LogP contribution in [0.1, 0.15) is 15.9 Å². The molecule has 0 fully saturated rings. The zero-order valence-electron chi connectivity index (χ0n) is 15.3. The Balaban J connectivity index is 1.74. The minimum absolute atomic E-state index is 0.0598. The summed E-state index contributed by atoms with van der Waals surface area (Å²) in [6.07, 6.45) is 0. The van der Waals surface area contributed by atoms with Crippen LogP contribution < -0.4 is 15.4 Å². The molecule has 2 aromatic carbocycles. The third kappa shape index (κ3) is 4.63. The molecule has 0 spiro atoms. The zero-order valence-corrected chi connectivity index (χ0v) is 16.1. The molecule has 0 saturated carbocycles. The fraction of sp³-hybridized carbons (Fsp3) is 0.167. The van der Waals surface area contributed by atoms with E-state index < -0.39 is 28.4 Å². The Morgan fingerprint density at radius 2 is 1.86 bits per heavy atom. The predicted molar refractivity (Wildman–Crippen MR) is 104 cm³/mol. The van der Waals surface area contributed by atoms with Crippen LogP contribution in [0.2, 0.25) is 0 Å². The number of hydrogen-bond acceptors (Lipinski definition) is 5. The average Bonchev–Trinajstić information content (AvgIpc) is 2.67. The fourth-order valence-corrected chi connectivity index (χ4v) is 3.75. The molecule has 0 aromatic heterocycles. The highest BCUT2D eigenvalue weighted by molar-refractivity contribution is 7.92. The molecule has 1 heterocycles. The first-order valence-electron chi connectivity index (χ1n) is 8.43. The minimum Gasteiger partial charge on any atom is -0.480 e. The molecule has 10 nitrogen and oxygen atoms in total. The van der Waals surface area contributed by atoms with Crippen LogP contribution in [0.4, 0.5) is 16.2 Å². The summed E-state index contributed by atoms with van der Waals surface area (Å²) in [5.74, 6) is -1.80. The van der Waals surface area contributed by atoms with Crippen molar-refractivity contribution in [3.05, 3.63) is 53.6 Å². The van der Waals surface area contributed by atoms with Crippen LogP contribution >= 0.6 is 0 Å². The normalized spacial score (nSPS) is 13.3. The van der Waals surface area contributed by atoms with Gasteiger partial charge in [0, 0.05) is 30.5 Å². The molecule has 0 bridgehead atoms. The minimum atomic E-state index is -3.91. The van der Waals surface area contributed by atoms with Crippen molar-refractivity contribution in [3.63, 3.8) is 0 Å². The van der Waals surface area contributed by atoms with Crippen molar-refractivity contribution < 1.29 is 27.9 Å². The Kier molecular flexibility index (Phi) is 5.41. The molecule has 1 aliphatic heterocycles. The second-order valence-electron chi connectivity index (χ2n) is 6.36. The number of aliphatic carboxylic acids is 1. The van der Waals surface area contributed by atoms with E-state index in [-0.39, 0.29) is 16.5 Å². The Morgan fingerprint density at radius 1 is 1.17 bits per heavy atom. The summed E-state index contributed by atoms with van der Waals surface area (Å²) < 4.78 is 27.7. The summed E-state index contributed by atoms with van der Waals surface area (Å²) in [4.78, 5) is 35.4. The number of sulfonamides is 1. The van der Waals surface area contributed by atoms with Crippen molar-refractivity contribution in [2.45, 2.75) is 11.4 Å². The Hall–Kier alpha value is -3.60. The van der Waals surface area contributed by atoms with Crippen LogP contribution in [0.3, 0.4) is 0 Å². The number of urea groups is 1. The number of benzene rings is 2. The Morgan fingerprint density at radius 3 is 2.52 bits per heavy atom. The zero-order chi connectivity index (χ0) is 21.2. The topological polar surface area (TPSA) is 145 Å². The van der Waals surface area contributed by atoms with Gasteiger partial charge in [-0.25, -0.2) is 13.2 Å². The van der Waals surface area contributed by atoms with Gasteiger partial charge in [0.1, 0.15) is 6.54 Å². The lowest BCUT2D eigenvalue weighted by Gasteiger charge is -2.26. The Labute approximate surface area is 166 Å². The average molecular weight is 418 g/mol. The largest absolute Gasteiger partial charge is 0.480 e. The molecule has 152 valence electrons. The monoisotopic (exact) mass is 418 g/mol. The van der Waals surface area contributed by atoms with E-state index >= 15 is 0 Å². The lowest BCUT2D eigenvalue weighted by atomic mass is 10.1.